The Labute approximate surface area is 118 Å². The van der Waals surface area contributed by atoms with Gasteiger partial charge in [-0.25, -0.2) is 4.98 Å². The van der Waals surface area contributed by atoms with Crippen LogP contribution in [0, 0.1) is 5.92 Å². The molecule has 1 unspecified atom stereocenters. The number of aromatic nitrogens is 1. The van der Waals surface area contributed by atoms with Gasteiger partial charge in [0, 0.05) is 11.4 Å². The van der Waals surface area contributed by atoms with E-state index in [9.17, 15) is 4.79 Å². The molecule has 0 radical (unpaired) electrons. The largest absolute Gasteiger partial charge is 0.348 e. The average molecular weight is 272 g/mol. The van der Waals surface area contributed by atoms with Crippen molar-refractivity contribution in [2.75, 3.05) is 5.43 Å². The number of hydrogen-bond donors (Lipinski definition) is 3. The molecule has 0 saturated carbocycles. The van der Waals surface area contributed by atoms with Gasteiger partial charge in [-0.05, 0) is 25.0 Å². The average Bonchev–Trinajstić information content (AvgIpc) is 2.45. The summed E-state index contributed by atoms with van der Waals surface area (Å²) in [4.78, 5) is 16.6. The number of anilines is 1. The van der Waals surface area contributed by atoms with E-state index in [1.54, 1.807) is 6.07 Å². The molecule has 1 atom stereocenters. The molecule has 5 heteroatoms. The van der Waals surface area contributed by atoms with Gasteiger partial charge >= 0.3 is 0 Å². The van der Waals surface area contributed by atoms with Crippen molar-refractivity contribution in [2.24, 2.45) is 11.8 Å². The Balaban J connectivity index is 2.37. The summed E-state index contributed by atoms with van der Waals surface area (Å²) in [7, 11) is 0. The normalized spacial score (nSPS) is 12.4. The first-order valence-electron chi connectivity index (χ1n) is 6.70. The molecule has 0 saturated heterocycles. The number of rotatable bonds is 4. The van der Waals surface area contributed by atoms with Crippen molar-refractivity contribution in [2.45, 2.75) is 26.8 Å². The van der Waals surface area contributed by atoms with Gasteiger partial charge in [0.25, 0.3) is 5.91 Å². The molecule has 4 N–H and O–H groups in total. The van der Waals surface area contributed by atoms with Crippen molar-refractivity contribution < 1.29 is 4.79 Å². The van der Waals surface area contributed by atoms with Crippen molar-refractivity contribution >= 4 is 22.5 Å². The van der Waals surface area contributed by atoms with E-state index >= 15 is 0 Å². The zero-order valence-corrected chi connectivity index (χ0v) is 12.0. The standard InChI is InChI=1S/C15H20N4O/c1-9(2)10(3)17-15(20)14-8-13(19-16)11-6-4-5-7-12(11)18-14/h4-10H,16H2,1-3H3,(H,17,20)(H,18,19). The fourth-order valence-corrected chi connectivity index (χ4v) is 1.86. The number of hydrogen-bond acceptors (Lipinski definition) is 4. The van der Waals surface area contributed by atoms with E-state index in [-0.39, 0.29) is 11.9 Å². The molecule has 2 rings (SSSR count). The molecule has 1 amide bonds. The van der Waals surface area contributed by atoms with Crippen molar-refractivity contribution in [3.63, 3.8) is 0 Å². The molecular formula is C15H20N4O. The number of para-hydroxylation sites is 1. The Morgan fingerprint density at radius 2 is 1.95 bits per heavy atom. The van der Waals surface area contributed by atoms with Crippen LogP contribution in [0.3, 0.4) is 0 Å². The summed E-state index contributed by atoms with van der Waals surface area (Å²) in [5.41, 5.74) is 4.42. The van der Waals surface area contributed by atoms with Gasteiger partial charge in [0.15, 0.2) is 0 Å². The maximum atomic E-state index is 12.2. The van der Waals surface area contributed by atoms with Crippen LogP contribution in [-0.4, -0.2) is 16.9 Å². The Hall–Kier alpha value is -2.14. The van der Waals surface area contributed by atoms with Crippen LogP contribution in [0.5, 0.6) is 0 Å². The lowest BCUT2D eigenvalue weighted by Gasteiger charge is -2.17. The fourth-order valence-electron chi connectivity index (χ4n) is 1.86. The number of hydrazine groups is 1. The van der Waals surface area contributed by atoms with Crippen molar-refractivity contribution in [1.82, 2.24) is 10.3 Å². The molecule has 1 heterocycles. The zero-order chi connectivity index (χ0) is 14.7. The third-order valence-corrected chi connectivity index (χ3v) is 3.46. The van der Waals surface area contributed by atoms with E-state index < -0.39 is 0 Å². The number of amides is 1. The van der Waals surface area contributed by atoms with E-state index in [1.807, 2.05) is 31.2 Å². The number of fused-ring (bicyclic) bond motifs is 1. The maximum absolute atomic E-state index is 12.2. The third kappa shape index (κ3) is 2.88. The van der Waals surface area contributed by atoms with E-state index in [2.05, 4.69) is 29.6 Å². The van der Waals surface area contributed by atoms with E-state index in [1.165, 1.54) is 0 Å². The zero-order valence-electron chi connectivity index (χ0n) is 12.0. The number of benzene rings is 1. The fraction of sp³-hybridized carbons (Fsp3) is 0.333. The first-order valence-corrected chi connectivity index (χ1v) is 6.70. The highest BCUT2D eigenvalue weighted by Crippen LogP contribution is 2.22. The molecule has 0 aliphatic rings. The van der Waals surface area contributed by atoms with Crippen LogP contribution in [0.15, 0.2) is 30.3 Å². The molecule has 20 heavy (non-hydrogen) atoms. The maximum Gasteiger partial charge on any atom is 0.270 e. The van der Waals surface area contributed by atoms with Crippen LogP contribution in [0.2, 0.25) is 0 Å². The topological polar surface area (TPSA) is 80.0 Å². The van der Waals surface area contributed by atoms with Crippen molar-refractivity contribution in [1.29, 1.82) is 0 Å². The third-order valence-electron chi connectivity index (χ3n) is 3.46. The highest BCUT2D eigenvalue weighted by Gasteiger charge is 2.15. The Morgan fingerprint density at radius 1 is 1.25 bits per heavy atom. The SMILES string of the molecule is CC(C)C(C)NC(=O)c1cc(NN)c2ccccc2n1. The van der Waals surface area contributed by atoms with E-state index in [4.69, 9.17) is 5.84 Å². The molecule has 0 aliphatic heterocycles. The van der Waals surface area contributed by atoms with Gasteiger partial charge in [0.05, 0.1) is 11.2 Å². The summed E-state index contributed by atoms with van der Waals surface area (Å²) < 4.78 is 0. The Morgan fingerprint density at radius 3 is 2.60 bits per heavy atom. The van der Waals surface area contributed by atoms with Gasteiger partial charge in [-0.15, -0.1) is 0 Å². The molecule has 0 spiro atoms. The van der Waals surface area contributed by atoms with Crippen LogP contribution in [0.25, 0.3) is 10.9 Å². The number of carbonyl (C=O) groups excluding carboxylic acids is 1. The summed E-state index contributed by atoms with van der Waals surface area (Å²) in [5, 5.41) is 3.83. The highest BCUT2D eigenvalue weighted by atomic mass is 16.1. The molecule has 2 aromatic rings. The molecule has 1 aromatic heterocycles. The first-order chi connectivity index (χ1) is 9.52. The second-order valence-electron chi connectivity index (χ2n) is 5.22. The molecule has 0 fully saturated rings. The number of nitrogens with two attached hydrogens (primary N) is 1. The molecule has 0 aliphatic carbocycles. The van der Waals surface area contributed by atoms with Gasteiger partial charge in [0.1, 0.15) is 5.69 Å². The van der Waals surface area contributed by atoms with Crippen LogP contribution >= 0.6 is 0 Å². The molecular weight excluding hydrogens is 252 g/mol. The summed E-state index contributed by atoms with van der Waals surface area (Å²) in [6, 6.07) is 9.32. The number of carbonyl (C=O) groups is 1. The predicted molar refractivity (Wildman–Crippen MR) is 81.3 cm³/mol. The van der Waals surface area contributed by atoms with Gasteiger partial charge in [0.2, 0.25) is 0 Å². The molecule has 0 bridgehead atoms. The Kier molecular flexibility index (Phi) is 4.20. The Bertz CT molecular complexity index is 624. The van der Waals surface area contributed by atoms with Crippen LogP contribution in [-0.2, 0) is 0 Å². The van der Waals surface area contributed by atoms with Crippen molar-refractivity contribution in [3.8, 4) is 0 Å². The van der Waals surface area contributed by atoms with Crippen LogP contribution < -0.4 is 16.6 Å². The minimum absolute atomic E-state index is 0.0880. The smallest absolute Gasteiger partial charge is 0.270 e. The van der Waals surface area contributed by atoms with Crippen LogP contribution in [0.4, 0.5) is 5.69 Å². The summed E-state index contributed by atoms with van der Waals surface area (Å²) in [6.45, 7) is 6.10. The number of nitrogen functional groups attached to an aromatic ring is 1. The lowest BCUT2D eigenvalue weighted by molar-refractivity contribution is 0.0926. The van der Waals surface area contributed by atoms with E-state index in [0.717, 1.165) is 10.9 Å². The number of nitrogens with one attached hydrogen (secondary N) is 2. The first kappa shape index (κ1) is 14.3. The lowest BCUT2D eigenvalue weighted by Crippen LogP contribution is -2.36. The second kappa shape index (κ2) is 5.88. The van der Waals surface area contributed by atoms with Gasteiger partial charge in [-0.1, -0.05) is 32.0 Å². The van der Waals surface area contributed by atoms with Gasteiger partial charge in [-0.2, -0.15) is 0 Å². The van der Waals surface area contributed by atoms with Crippen molar-refractivity contribution in [3.05, 3.63) is 36.0 Å². The van der Waals surface area contributed by atoms with Gasteiger partial charge < -0.3 is 10.7 Å². The summed E-state index contributed by atoms with van der Waals surface area (Å²) >= 11 is 0. The summed E-state index contributed by atoms with van der Waals surface area (Å²) in [6.07, 6.45) is 0. The predicted octanol–water partition coefficient (Wildman–Crippen LogP) is 2.29. The monoisotopic (exact) mass is 272 g/mol. The second-order valence-corrected chi connectivity index (χ2v) is 5.22. The van der Waals surface area contributed by atoms with Gasteiger partial charge in [-0.3, -0.25) is 10.6 Å². The minimum atomic E-state index is -0.187. The lowest BCUT2D eigenvalue weighted by atomic mass is 10.1. The highest BCUT2D eigenvalue weighted by molar-refractivity contribution is 5.99. The molecule has 5 nitrogen and oxygen atoms in total. The molecule has 1 aromatic carbocycles. The number of pyridine rings is 1. The van der Waals surface area contributed by atoms with E-state index in [0.29, 0.717) is 17.3 Å². The minimum Gasteiger partial charge on any atom is -0.348 e. The van der Waals surface area contributed by atoms with Crippen LogP contribution in [0.1, 0.15) is 31.3 Å². The number of nitrogens with zero attached hydrogens (tertiary/aromatic N) is 1. The quantitative estimate of drug-likeness (QED) is 0.589. The molecule has 106 valence electrons. The summed E-state index contributed by atoms with van der Waals surface area (Å²) in [5.74, 6) is 5.71.